The first-order valence-electron chi connectivity index (χ1n) is 18.2. The molecule has 2 fully saturated rings. The minimum absolute atomic E-state index is 0.0141. The molecule has 268 valence electrons. The minimum Gasteiger partial charge on any atom is -0.493 e. The van der Waals surface area contributed by atoms with Crippen molar-refractivity contribution < 1.29 is 23.5 Å². The summed E-state index contributed by atoms with van der Waals surface area (Å²) < 4.78 is 26.0. The van der Waals surface area contributed by atoms with Crippen molar-refractivity contribution in [1.29, 1.82) is 0 Å². The van der Waals surface area contributed by atoms with E-state index < -0.39 is 12.1 Å². The molecule has 2 aliphatic rings. The first kappa shape index (κ1) is 36.1. The van der Waals surface area contributed by atoms with Crippen LogP contribution in [-0.4, -0.2) is 85.2 Å². The van der Waals surface area contributed by atoms with Crippen molar-refractivity contribution in [2.75, 3.05) is 52.4 Å². The third kappa shape index (κ3) is 9.74. The summed E-state index contributed by atoms with van der Waals surface area (Å²) in [7, 11) is 0. The first-order valence-corrected chi connectivity index (χ1v) is 18.2. The normalized spacial score (nSPS) is 16.4. The molecule has 1 atom stereocenters. The monoisotopic (exact) mass is 692 g/mol. The number of ether oxygens (including phenoxy) is 2. The van der Waals surface area contributed by atoms with Crippen LogP contribution in [0.1, 0.15) is 36.5 Å². The number of carbonyl (C=O) groups excluding carboxylic acids is 2. The quantitative estimate of drug-likeness (QED) is 0.167. The molecule has 0 aliphatic carbocycles. The standard InChI is InChI=1S/C42H49FN4O4/c1-2-50-39-19-11-18-38(43)37(39)30-46-26-28-47(29-27-46)41(48)40(44-42(49)51-31-32-12-5-3-6-13-32)35-21-24-45(25-22-35)23-20-34-16-9-10-17-36(34)33-14-7-4-8-15-33/h3-19,35,40H,2,20-31H2,1H3,(H,44,49)/t40-/m1/s1. The third-order valence-corrected chi connectivity index (χ3v) is 10.1. The van der Waals surface area contributed by atoms with E-state index in [4.69, 9.17) is 9.47 Å². The number of piperazine rings is 1. The van der Waals surface area contributed by atoms with Crippen molar-refractivity contribution in [1.82, 2.24) is 20.0 Å². The van der Waals surface area contributed by atoms with Gasteiger partial charge in [-0.05, 0) is 79.6 Å². The number of benzene rings is 4. The van der Waals surface area contributed by atoms with E-state index in [1.807, 2.05) is 48.2 Å². The van der Waals surface area contributed by atoms with E-state index >= 15 is 0 Å². The number of likely N-dealkylation sites (tertiary alicyclic amines) is 1. The van der Waals surface area contributed by atoms with E-state index in [2.05, 4.69) is 63.6 Å². The number of hydrogen-bond donors (Lipinski definition) is 1. The van der Waals surface area contributed by atoms with Gasteiger partial charge in [-0.15, -0.1) is 0 Å². The molecule has 4 aromatic rings. The molecular formula is C42H49FN4O4. The van der Waals surface area contributed by atoms with E-state index in [0.717, 1.165) is 44.5 Å². The van der Waals surface area contributed by atoms with Gasteiger partial charge in [0.2, 0.25) is 5.91 Å². The smallest absolute Gasteiger partial charge is 0.408 e. The molecule has 2 aliphatic heterocycles. The van der Waals surface area contributed by atoms with Gasteiger partial charge in [-0.25, -0.2) is 9.18 Å². The third-order valence-electron chi connectivity index (χ3n) is 10.1. The Balaban J connectivity index is 1.07. The van der Waals surface area contributed by atoms with Crippen LogP contribution in [-0.2, 0) is 29.1 Å². The fourth-order valence-electron chi connectivity index (χ4n) is 7.23. The molecule has 6 rings (SSSR count). The van der Waals surface area contributed by atoms with Gasteiger partial charge in [0.1, 0.15) is 24.2 Å². The van der Waals surface area contributed by atoms with Crippen LogP contribution in [0.3, 0.4) is 0 Å². The zero-order valence-corrected chi connectivity index (χ0v) is 29.5. The number of hydrogen-bond acceptors (Lipinski definition) is 6. The molecular weight excluding hydrogens is 643 g/mol. The Morgan fingerprint density at radius 1 is 0.804 bits per heavy atom. The average molecular weight is 693 g/mol. The van der Waals surface area contributed by atoms with Gasteiger partial charge in [0.05, 0.1) is 6.61 Å². The Kier molecular flexibility index (Phi) is 12.7. The number of nitrogens with one attached hydrogen (secondary N) is 1. The lowest BCUT2D eigenvalue weighted by Crippen LogP contribution is -2.58. The largest absolute Gasteiger partial charge is 0.493 e. The lowest BCUT2D eigenvalue weighted by Gasteiger charge is -2.40. The van der Waals surface area contributed by atoms with E-state index in [0.29, 0.717) is 50.6 Å². The molecule has 4 aromatic carbocycles. The average Bonchev–Trinajstić information content (AvgIpc) is 3.18. The summed E-state index contributed by atoms with van der Waals surface area (Å²) in [6, 6.07) is 32.9. The summed E-state index contributed by atoms with van der Waals surface area (Å²) >= 11 is 0. The second-order valence-corrected chi connectivity index (χ2v) is 13.4. The highest BCUT2D eigenvalue weighted by molar-refractivity contribution is 5.86. The maximum Gasteiger partial charge on any atom is 0.408 e. The van der Waals surface area contributed by atoms with Gasteiger partial charge < -0.3 is 24.6 Å². The summed E-state index contributed by atoms with van der Waals surface area (Å²) in [5.74, 6) is 0.174. The molecule has 51 heavy (non-hydrogen) atoms. The van der Waals surface area contributed by atoms with E-state index in [1.54, 1.807) is 12.1 Å². The van der Waals surface area contributed by atoms with Crippen molar-refractivity contribution in [3.63, 3.8) is 0 Å². The summed E-state index contributed by atoms with van der Waals surface area (Å²) in [6.07, 6.45) is 1.94. The number of nitrogens with zero attached hydrogens (tertiary/aromatic N) is 3. The van der Waals surface area contributed by atoms with E-state index in [1.165, 1.54) is 22.8 Å². The van der Waals surface area contributed by atoms with Gasteiger partial charge in [0, 0.05) is 44.8 Å². The SMILES string of the molecule is CCOc1cccc(F)c1CN1CCN(C(=O)[C@H](NC(=O)OCc2ccccc2)C2CCN(CCc3ccccc3-c3ccccc3)CC2)CC1. The van der Waals surface area contributed by atoms with Crippen molar-refractivity contribution in [2.45, 2.75) is 45.4 Å². The molecule has 0 bridgehead atoms. The van der Waals surface area contributed by atoms with Gasteiger partial charge in [0.25, 0.3) is 0 Å². The second-order valence-electron chi connectivity index (χ2n) is 13.4. The number of halogens is 1. The van der Waals surface area contributed by atoms with Crippen LogP contribution < -0.4 is 10.1 Å². The van der Waals surface area contributed by atoms with Gasteiger partial charge in [0.15, 0.2) is 0 Å². The number of carbonyl (C=O) groups is 2. The van der Waals surface area contributed by atoms with Crippen LogP contribution in [0.15, 0.2) is 103 Å². The zero-order chi connectivity index (χ0) is 35.4. The summed E-state index contributed by atoms with van der Waals surface area (Å²) in [5.41, 5.74) is 5.23. The zero-order valence-electron chi connectivity index (χ0n) is 29.5. The fourth-order valence-corrected chi connectivity index (χ4v) is 7.23. The Bertz CT molecular complexity index is 1710. The molecule has 2 saturated heterocycles. The maximum atomic E-state index is 14.8. The lowest BCUT2D eigenvalue weighted by atomic mass is 9.88. The van der Waals surface area contributed by atoms with Crippen molar-refractivity contribution in [2.24, 2.45) is 5.92 Å². The summed E-state index contributed by atoms with van der Waals surface area (Å²) in [5, 5.41) is 2.98. The van der Waals surface area contributed by atoms with Gasteiger partial charge in [-0.2, -0.15) is 0 Å². The lowest BCUT2D eigenvalue weighted by molar-refractivity contribution is -0.137. The highest BCUT2D eigenvalue weighted by atomic mass is 19.1. The highest BCUT2D eigenvalue weighted by Gasteiger charge is 2.37. The number of alkyl carbamates (subject to hydrolysis) is 1. The van der Waals surface area contributed by atoms with Crippen LogP contribution in [0.25, 0.3) is 11.1 Å². The summed E-state index contributed by atoms with van der Waals surface area (Å²) in [4.78, 5) is 33.8. The predicted molar refractivity (Wildman–Crippen MR) is 198 cm³/mol. The van der Waals surface area contributed by atoms with E-state index in [-0.39, 0.29) is 24.2 Å². The van der Waals surface area contributed by atoms with Crippen LogP contribution in [0.4, 0.5) is 9.18 Å². The Morgan fingerprint density at radius 3 is 2.22 bits per heavy atom. The van der Waals surface area contributed by atoms with Crippen molar-refractivity contribution in [3.05, 3.63) is 126 Å². The molecule has 0 unspecified atom stereocenters. The highest BCUT2D eigenvalue weighted by Crippen LogP contribution is 2.27. The van der Waals surface area contributed by atoms with Crippen molar-refractivity contribution in [3.8, 4) is 16.9 Å². The van der Waals surface area contributed by atoms with Gasteiger partial charge in [-0.3, -0.25) is 9.69 Å². The molecule has 9 heteroatoms. The fraction of sp³-hybridized carbons (Fsp3) is 0.381. The Labute approximate surface area is 301 Å². The number of rotatable bonds is 13. The topological polar surface area (TPSA) is 74.3 Å². The van der Waals surface area contributed by atoms with Gasteiger partial charge in [-0.1, -0.05) is 91.0 Å². The van der Waals surface area contributed by atoms with Crippen LogP contribution >= 0.6 is 0 Å². The predicted octanol–water partition coefficient (Wildman–Crippen LogP) is 6.79. The maximum absolute atomic E-state index is 14.8. The molecule has 0 saturated carbocycles. The first-order chi connectivity index (χ1) is 25.0. The minimum atomic E-state index is -0.683. The Morgan fingerprint density at radius 2 is 1.49 bits per heavy atom. The second kappa shape index (κ2) is 18.0. The number of piperidine rings is 1. The molecule has 1 N–H and O–H groups in total. The molecule has 0 spiro atoms. The van der Waals surface area contributed by atoms with Crippen molar-refractivity contribution >= 4 is 12.0 Å². The molecule has 0 aromatic heterocycles. The van der Waals surface area contributed by atoms with Crippen LogP contribution in [0.5, 0.6) is 5.75 Å². The van der Waals surface area contributed by atoms with E-state index in [9.17, 15) is 14.0 Å². The van der Waals surface area contributed by atoms with Crippen LogP contribution in [0, 0.1) is 11.7 Å². The van der Waals surface area contributed by atoms with Gasteiger partial charge >= 0.3 is 6.09 Å². The van der Waals surface area contributed by atoms with Crippen LogP contribution in [0.2, 0.25) is 0 Å². The molecule has 2 heterocycles. The Hall–Kier alpha value is -4.73. The molecule has 0 radical (unpaired) electrons. The number of amides is 2. The molecule has 2 amide bonds. The summed E-state index contributed by atoms with van der Waals surface area (Å²) in [6.45, 7) is 7.70. The molecule has 8 nitrogen and oxygen atoms in total.